The fourth-order valence-corrected chi connectivity index (χ4v) is 1.73. The molecule has 2 rings (SSSR count). The Hall–Kier alpha value is -0.890. The number of nitrogens with one attached hydrogen (secondary N) is 1. The third-order valence-electron chi connectivity index (χ3n) is 2.34. The van der Waals surface area contributed by atoms with Crippen LogP contribution in [0.1, 0.15) is 12.8 Å². The van der Waals surface area contributed by atoms with Crippen LogP contribution in [0.15, 0.2) is 23.3 Å². The Morgan fingerprint density at radius 2 is 2.55 bits per heavy atom. The minimum atomic E-state index is 0.00921. The van der Waals surface area contributed by atoms with Crippen molar-refractivity contribution in [2.24, 2.45) is 0 Å². The molecule has 0 aromatic rings. The zero-order valence-electron chi connectivity index (χ0n) is 6.34. The van der Waals surface area contributed by atoms with Crippen LogP contribution in [0, 0.1) is 0 Å². The molecule has 2 aliphatic rings. The molecule has 0 saturated heterocycles. The van der Waals surface area contributed by atoms with Crippen molar-refractivity contribution in [2.45, 2.75) is 18.9 Å². The van der Waals surface area contributed by atoms with Crippen molar-refractivity contribution in [2.75, 3.05) is 6.54 Å². The number of aldehydes is 1. The predicted molar refractivity (Wildman–Crippen MR) is 43.3 cm³/mol. The number of allylic oxidation sites excluding steroid dienone is 1. The molecule has 0 bridgehead atoms. The van der Waals surface area contributed by atoms with E-state index in [2.05, 4.69) is 17.5 Å². The largest absolute Gasteiger partial charge is 0.301 e. The molecule has 0 aromatic heterocycles. The van der Waals surface area contributed by atoms with Crippen molar-refractivity contribution in [1.82, 2.24) is 5.32 Å². The highest BCUT2D eigenvalue weighted by molar-refractivity contribution is 5.67. The molecular formula is C9H11NO. The first-order valence-electron chi connectivity index (χ1n) is 3.99. The highest BCUT2D eigenvalue weighted by atomic mass is 16.1. The standard InChI is InChI=1S/C9H11NO/c11-6-9-8-4-2-1-3-7(8)5-10-9/h1,3,6,9-10H,2,4-5H2. The Morgan fingerprint density at radius 1 is 1.64 bits per heavy atom. The van der Waals surface area contributed by atoms with Crippen molar-refractivity contribution in [1.29, 1.82) is 0 Å². The highest BCUT2D eigenvalue weighted by Gasteiger charge is 2.23. The molecule has 58 valence electrons. The van der Waals surface area contributed by atoms with Gasteiger partial charge in [-0.1, -0.05) is 12.2 Å². The molecule has 0 aromatic carbocycles. The van der Waals surface area contributed by atoms with Gasteiger partial charge >= 0.3 is 0 Å². The highest BCUT2D eigenvalue weighted by Crippen LogP contribution is 2.24. The van der Waals surface area contributed by atoms with Crippen LogP contribution in [0.25, 0.3) is 0 Å². The normalized spacial score (nSPS) is 28.9. The van der Waals surface area contributed by atoms with Gasteiger partial charge in [-0.15, -0.1) is 0 Å². The molecule has 0 radical (unpaired) electrons. The average molecular weight is 149 g/mol. The van der Waals surface area contributed by atoms with E-state index in [0.29, 0.717) is 0 Å². The summed E-state index contributed by atoms with van der Waals surface area (Å²) in [7, 11) is 0. The third-order valence-corrected chi connectivity index (χ3v) is 2.34. The minimum absolute atomic E-state index is 0.00921. The summed E-state index contributed by atoms with van der Waals surface area (Å²) in [6, 6.07) is 0.00921. The number of carbonyl (C=O) groups is 1. The molecule has 0 fully saturated rings. The molecule has 1 N–H and O–H groups in total. The monoisotopic (exact) mass is 149 g/mol. The molecule has 1 atom stereocenters. The van der Waals surface area contributed by atoms with Crippen molar-refractivity contribution < 1.29 is 4.79 Å². The Labute approximate surface area is 66.0 Å². The van der Waals surface area contributed by atoms with Crippen LogP contribution in [0.5, 0.6) is 0 Å². The van der Waals surface area contributed by atoms with Gasteiger partial charge in [0.25, 0.3) is 0 Å². The molecule has 2 heteroatoms. The molecule has 1 heterocycles. The van der Waals surface area contributed by atoms with Gasteiger partial charge in [0.1, 0.15) is 6.29 Å². The Morgan fingerprint density at radius 3 is 3.36 bits per heavy atom. The summed E-state index contributed by atoms with van der Waals surface area (Å²) < 4.78 is 0. The summed E-state index contributed by atoms with van der Waals surface area (Å²) >= 11 is 0. The first kappa shape index (κ1) is 6.80. The van der Waals surface area contributed by atoms with Crippen LogP contribution in [0.4, 0.5) is 0 Å². The maximum absolute atomic E-state index is 10.5. The fraction of sp³-hybridized carbons (Fsp3) is 0.444. The van der Waals surface area contributed by atoms with E-state index in [-0.39, 0.29) is 6.04 Å². The SMILES string of the molecule is O=CC1NCC2=C1CCC=C2. The molecule has 1 unspecified atom stereocenters. The molecule has 2 nitrogen and oxygen atoms in total. The van der Waals surface area contributed by atoms with E-state index in [9.17, 15) is 4.79 Å². The summed E-state index contributed by atoms with van der Waals surface area (Å²) in [4.78, 5) is 10.5. The lowest BCUT2D eigenvalue weighted by Crippen LogP contribution is -2.26. The van der Waals surface area contributed by atoms with Crippen LogP contribution in [-0.2, 0) is 4.79 Å². The predicted octanol–water partition coefficient (Wildman–Crippen LogP) is 0.804. The summed E-state index contributed by atoms with van der Waals surface area (Å²) in [5, 5.41) is 3.15. The second-order valence-corrected chi connectivity index (χ2v) is 2.99. The van der Waals surface area contributed by atoms with Crippen LogP contribution >= 0.6 is 0 Å². The molecular weight excluding hydrogens is 138 g/mol. The van der Waals surface area contributed by atoms with Crippen molar-refractivity contribution >= 4 is 6.29 Å². The first-order valence-corrected chi connectivity index (χ1v) is 3.99. The van der Waals surface area contributed by atoms with E-state index in [1.54, 1.807) is 0 Å². The van der Waals surface area contributed by atoms with Crippen molar-refractivity contribution in [3.8, 4) is 0 Å². The zero-order valence-corrected chi connectivity index (χ0v) is 6.34. The van der Waals surface area contributed by atoms with Crippen LogP contribution < -0.4 is 5.32 Å². The van der Waals surface area contributed by atoms with Crippen molar-refractivity contribution in [3.63, 3.8) is 0 Å². The van der Waals surface area contributed by atoms with Gasteiger partial charge in [-0.3, -0.25) is 0 Å². The zero-order chi connectivity index (χ0) is 7.68. The van der Waals surface area contributed by atoms with E-state index < -0.39 is 0 Å². The summed E-state index contributed by atoms with van der Waals surface area (Å²) in [5.74, 6) is 0. The maximum Gasteiger partial charge on any atom is 0.141 e. The van der Waals surface area contributed by atoms with Gasteiger partial charge in [-0.2, -0.15) is 0 Å². The van der Waals surface area contributed by atoms with E-state index in [4.69, 9.17) is 0 Å². The maximum atomic E-state index is 10.5. The van der Waals surface area contributed by atoms with E-state index in [1.807, 2.05) is 0 Å². The quantitative estimate of drug-likeness (QED) is 0.559. The number of hydrogen-bond acceptors (Lipinski definition) is 2. The van der Waals surface area contributed by atoms with E-state index in [0.717, 1.165) is 25.7 Å². The molecule has 0 spiro atoms. The lowest BCUT2D eigenvalue weighted by Gasteiger charge is -2.09. The molecule has 1 aliphatic heterocycles. The smallest absolute Gasteiger partial charge is 0.141 e. The Balaban J connectivity index is 2.28. The number of rotatable bonds is 1. The minimum Gasteiger partial charge on any atom is -0.301 e. The third kappa shape index (κ3) is 1.03. The summed E-state index contributed by atoms with van der Waals surface area (Å²) in [6.45, 7) is 0.870. The van der Waals surface area contributed by atoms with Crippen LogP contribution in [0.3, 0.4) is 0 Å². The van der Waals surface area contributed by atoms with Gasteiger partial charge in [0.15, 0.2) is 0 Å². The summed E-state index contributed by atoms with van der Waals surface area (Å²) in [5.41, 5.74) is 2.64. The Bertz CT molecular complexity index is 240. The van der Waals surface area contributed by atoms with Crippen LogP contribution in [0.2, 0.25) is 0 Å². The first-order chi connectivity index (χ1) is 5.42. The van der Waals surface area contributed by atoms with Gasteiger partial charge in [-0.05, 0) is 24.0 Å². The molecule has 1 aliphatic carbocycles. The second-order valence-electron chi connectivity index (χ2n) is 2.99. The lowest BCUT2D eigenvalue weighted by atomic mass is 9.96. The van der Waals surface area contributed by atoms with Gasteiger partial charge in [0, 0.05) is 6.54 Å². The Kier molecular flexibility index (Phi) is 1.62. The molecule has 11 heavy (non-hydrogen) atoms. The topological polar surface area (TPSA) is 29.1 Å². The van der Waals surface area contributed by atoms with Gasteiger partial charge in [0.2, 0.25) is 0 Å². The van der Waals surface area contributed by atoms with Crippen molar-refractivity contribution in [3.05, 3.63) is 23.3 Å². The van der Waals surface area contributed by atoms with E-state index >= 15 is 0 Å². The summed E-state index contributed by atoms with van der Waals surface area (Å²) in [6.07, 6.45) is 7.46. The lowest BCUT2D eigenvalue weighted by molar-refractivity contribution is -0.108. The van der Waals surface area contributed by atoms with E-state index in [1.165, 1.54) is 11.1 Å². The van der Waals surface area contributed by atoms with Gasteiger partial charge < -0.3 is 10.1 Å². The molecule has 0 amide bonds. The fourth-order valence-electron chi connectivity index (χ4n) is 1.73. The van der Waals surface area contributed by atoms with Gasteiger partial charge in [-0.25, -0.2) is 0 Å². The second kappa shape index (κ2) is 2.62. The number of carbonyl (C=O) groups excluding carboxylic acids is 1. The van der Waals surface area contributed by atoms with Crippen LogP contribution in [-0.4, -0.2) is 18.9 Å². The number of hydrogen-bond donors (Lipinski definition) is 1. The average Bonchev–Trinajstić information content (AvgIpc) is 2.47. The molecule has 0 saturated carbocycles. The van der Waals surface area contributed by atoms with Gasteiger partial charge in [0.05, 0.1) is 6.04 Å².